The highest BCUT2D eigenvalue weighted by atomic mass is 15.1. The molecular weight excluding hydrogens is 184 g/mol. The van der Waals surface area contributed by atoms with Crippen LogP contribution in [0, 0.1) is 0 Å². The van der Waals surface area contributed by atoms with Crippen molar-refractivity contribution in [3.8, 4) is 0 Å². The van der Waals surface area contributed by atoms with E-state index in [9.17, 15) is 0 Å². The minimum atomic E-state index is 1.14. The third-order valence-electron chi connectivity index (χ3n) is 3.69. The standard InChI is InChI=1S/C13H24N2/c1-12(13-9-14-10-13)11-15-7-5-3-2-4-6-8-15/h14H,2-11H2,1H3. The maximum absolute atomic E-state index is 3.33. The van der Waals surface area contributed by atoms with Crippen LogP contribution in [0.4, 0.5) is 0 Å². The van der Waals surface area contributed by atoms with Crippen LogP contribution in [-0.2, 0) is 0 Å². The highest BCUT2D eigenvalue weighted by Gasteiger charge is 2.14. The summed E-state index contributed by atoms with van der Waals surface area (Å²) in [5.74, 6) is 0. The summed E-state index contributed by atoms with van der Waals surface area (Å²) in [7, 11) is 0. The summed E-state index contributed by atoms with van der Waals surface area (Å²) in [6.07, 6.45) is 7.14. The molecule has 0 atom stereocenters. The molecule has 0 aliphatic carbocycles. The fourth-order valence-corrected chi connectivity index (χ4v) is 2.47. The molecule has 0 spiro atoms. The van der Waals surface area contributed by atoms with Gasteiger partial charge >= 0.3 is 0 Å². The largest absolute Gasteiger partial charge is 0.309 e. The number of nitrogens with one attached hydrogen (secondary N) is 1. The molecule has 2 aliphatic rings. The maximum atomic E-state index is 3.33. The molecule has 2 aliphatic heterocycles. The minimum Gasteiger partial charge on any atom is -0.309 e. The first-order valence-electron chi connectivity index (χ1n) is 6.47. The van der Waals surface area contributed by atoms with Gasteiger partial charge in [-0.2, -0.15) is 0 Å². The van der Waals surface area contributed by atoms with Gasteiger partial charge in [0.2, 0.25) is 0 Å². The monoisotopic (exact) mass is 208 g/mol. The summed E-state index contributed by atoms with van der Waals surface area (Å²) in [5.41, 5.74) is 3.27. The van der Waals surface area contributed by atoms with E-state index in [-0.39, 0.29) is 0 Å². The quantitative estimate of drug-likeness (QED) is 0.700. The van der Waals surface area contributed by atoms with Crippen LogP contribution in [0.2, 0.25) is 0 Å². The molecule has 0 aromatic rings. The topological polar surface area (TPSA) is 15.3 Å². The molecular formula is C13H24N2. The van der Waals surface area contributed by atoms with E-state index in [0.29, 0.717) is 0 Å². The number of hydrogen-bond donors (Lipinski definition) is 1. The van der Waals surface area contributed by atoms with Crippen LogP contribution in [0.15, 0.2) is 11.1 Å². The van der Waals surface area contributed by atoms with E-state index in [1.54, 1.807) is 11.1 Å². The zero-order valence-electron chi connectivity index (χ0n) is 10.0. The van der Waals surface area contributed by atoms with Gasteiger partial charge in [0, 0.05) is 19.6 Å². The first kappa shape index (κ1) is 11.2. The molecule has 2 nitrogen and oxygen atoms in total. The predicted octanol–water partition coefficient (Wildman–Crippen LogP) is 2.17. The van der Waals surface area contributed by atoms with Crippen LogP contribution in [0.5, 0.6) is 0 Å². The summed E-state index contributed by atoms with van der Waals surface area (Å²) in [6.45, 7) is 8.45. The van der Waals surface area contributed by atoms with Gasteiger partial charge < -0.3 is 5.32 Å². The Morgan fingerprint density at radius 2 is 1.67 bits per heavy atom. The van der Waals surface area contributed by atoms with Gasteiger partial charge in [0.15, 0.2) is 0 Å². The summed E-state index contributed by atoms with van der Waals surface area (Å²) >= 11 is 0. The zero-order chi connectivity index (χ0) is 10.5. The molecule has 0 unspecified atom stereocenters. The molecule has 2 fully saturated rings. The van der Waals surface area contributed by atoms with E-state index in [0.717, 1.165) is 13.1 Å². The Kier molecular flexibility index (Phi) is 4.21. The van der Waals surface area contributed by atoms with Crippen molar-refractivity contribution in [2.75, 3.05) is 32.7 Å². The highest BCUT2D eigenvalue weighted by Crippen LogP contribution is 2.14. The average Bonchev–Trinajstić information content (AvgIpc) is 2.06. The van der Waals surface area contributed by atoms with Crippen molar-refractivity contribution in [2.45, 2.75) is 39.0 Å². The zero-order valence-corrected chi connectivity index (χ0v) is 10.0. The first-order valence-corrected chi connectivity index (χ1v) is 6.47. The Labute approximate surface area is 93.7 Å². The summed E-state index contributed by atoms with van der Waals surface area (Å²) in [5, 5.41) is 3.33. The molecule has 2 heteroatoms. The number of likely N-dealkylation sites (tertiary alicyclic amines) is 1. The summed E-state index contributed by atoms with van der Waals surface area (Å²) in [6, 6.07) is 0. The lowest BCUT2D eigenvalue weighted by atomic mass is 10.0. The van der Waals surface area contributed by atoms with E-state index in [1.165, 1.54) is 51.7 Å². The van der Waals surface area contributed by atoms with E-state index in [2.05, 4.69) is 17.1 Å². The van der Waals surface area contributed by atoms with Crippen molar-refractivity contribution < 1.29 is 0 Å². The van der Waals surface area contributed by atoms with Crippen LogP contribution < -0.4 is 5.32 Å². The third kappa shape index (κ3) is 3.32. The van der Waals surface area contributed by atoms with Crippen LogP contribution >= 0.6 is 0 Å². The Bertz CT molecular complexity index is 219. The van der Waals surface area contributed by atoms with E-state index in [4.69, 9.17) is 0 Å². The highest BCUT2D eigenvalue weighted by molar-refractivity contribution is 5.22. The van der Waals surface area contributed by atoms with Crippen LogP contribution in [-0.4, -0.2) is 37.6 Å². The lowest BCUT2D eigenvalue weighted by Gasteiger charge is -2.28. The first-order chi connectivity index (χ1) is 7.36. The van der Waals surface area contributed by atoms with Crippen LogP contribution in [0.25, 0.3) is 0 Å². The number of hydrogen-bond acceptors (Lipinski definition) is 2. The van der Waals surface area contributed by atoms with Gasteiger partial charge in [0.1, 0.15) is 0 Å². The Morgan fingerprint density at radius 1 is 1.07 bits per heavy atom. The average molecular weight is 208 g/mol. The van der Waals surface area contributed by atoms with Gasteiger partial charge in [-0.15, -0.1) is 0 Å². The second-order valence-corrected chi connectivity index (χ2v) is 5.03. The van der Waals surface area contributed by atoms with Gasteiger partial charge in [-0.3, -0.25) is 4.90 Å². The SMILES string of the molecule is CC(CN1CCCCCCC1)=C1CNC1. The molecule has 0 bridgehead atoms. The fraction of sp³-hybridized carbons (Fsp3) is 0.846. The van der Waals surface area contributed by atoms with Gasteiger partial charge in [0.25, 0.3) is 0 Å². The van der Waals surface area contributed by atoms with Crippen LogP contribution in [0.3, 0.4) is 0 Å². The molecule has 0 aromatic carbocycles. The lowest BCUT2D eigenvalue weighted by molar-refractivity contribution is 0.265. The molecule has 2 saturated heterocycles. The van der Waals surface area contributed by atoms with E-state index >= 15 is 0 Å². The number of nitrogens with zero attached hydrogens (tertiary/aromatic N) is 1. The molecule has 0 aromatic heterocycles. The molecule has 0 amide bonds. The van der Waals surface area contributed by atoms with Gasteiger partial charge in [-0.1, -0.05) is 24.8 Å². The van der Waals surface area contributed by atoms with Crippen molar-refractivity contribution in [2.24, 2.45) is 0 Å². The molecule has 2 heterocycles. The van der Waals surface area contributed by atoms with E-state index < -0.39 is 0 Å². The van der Waals surface area contributed by atoms with Crippen molar-refractivity contribution in [1.29, 1.82) is 0 Å². The Balaban J connectivity index is 1.80. The predicted molar refractivity (Wildman–Crippen MR) is 65.1 cm³/mol. The van der Waals surface area contributed by atoms with Gasteiger partial charge in [-0.25, -0.2) is 0 Å². The Morgan fingerprint density at radius 3 is 2.20 bits per heavy atom. The van der Waals surface area contributed by atoms with Crippen molar-refractivity contribution in [3.63, 3.8) is 0 Å². The second-order valence-electron chi connectivity index (χ2n) is 5.03. The van der Waals surface area contributed by atoms with Crippen LogP contribution in [0.1, 0.15) is 39.0 Å². The van der Waals surface area contributed by atoms with Crippen molar-refractivity contribution in [3.05, 3.63) is 11.1 Å². The maximum Gasteiger partial charge on any atom is 0.0193 e. The molecule has 0 radical (unpaired) electrons. The third-order valence-corrected chi connectivity index (χ3v) is 3.69. The van der Waals surface area contributed by atoms with E-state index in [1.807, 2.05) is 0 Å². The smallest absolute Gasteiger partial charge is 0.0193 e. The fourth-order valence-electron chi connectivity index (χ4n) is 2.47. The minimum absolute atomic E-state index is 1.14. The molecule has 1 N–H and O–H groups in total. The molecule has 86 valence electrons. The summed E-state index contributed by atoms with van der Waals surface area (Å²) in [4.78, 5) is 2.65. The van der Waals surface area contributed by atoms with Gasteiger partial charge in [-0.05, 0) is 38.4 Å². The normalized spacial score (nSPS) is 24.2. The summed E-state index contributed by atoms with van der Waals surface area (Å²) < 4.78 is 0. The van der Waals surface area contributed by atoms with Gasteiger partial charge in [0.05, 0.1) is 0 Å². The lowest BCUT2D eigenvalue weighted by Crippen LogP contribution is -2.37. The molecule has 0 saturated carbocycles. The second kappa shape index (κ2) is 5.66. The number of rotatable bonds is 2. The van der Waals surface area contributed by atoms with Crippen molar-refractivity contribution in [1.82, 2.24) is 10.2 Å². The molecule has 2 rings (SSSR count). The van der Waals surface area contributed by atoms with Crippen molar-refractivity contribution >= 4 is 0 Å². The Hall–Kier alpha value is -0.340. The molecule has 15 heavy (non-hydrogen) atoms.